The molecule has 3 heterocycles. The smallest absolute Gasteiger partial charge is 0.369 e. The first-order valence-corrected chi connectivity index (χ1v) is 7.31. The van der Waals surface area contributed by atoms with Crippen LogP contribution < -0.4 is 5.32 Å². The second-order valence-corrected chi connectivity index (χ2v) is 5.37. The highest BCUT2D eigenvalue weighted by atomic mass is 19.4. The molecule has 0 saturated carbocycles. The van der Waals surface area contributed by atoms with Crippen LogP contribution in [0.4, 0.5) is 13.2 Å². The van der Waals surface area contributed by atoms with Gasteiger partial charge < -0.3 is 10.1 Å². The van der Waals surface area contributed by atoms with Crippen LogP contribution in [0.15, 0.2) is 36.7 Å². The van der Waals surface area contributed by atoms with Gasteiger partial charge in [-0.3, -0.25) is 9.97 Å². The van der Waals surface area contributed by atoms with Gasteiger partial charge in [-0.25, -0.2) is 0 Å². The van der Waals surface area contributed by atoms with Crippen LogP contribution in [-0.4, -0.2) is 29.7 Å². The highest BCUT2D eigenvalue weighted by molar-refractivity contribution is 5.25. The van der Waals surface area contributed by atoms with E-state index >= 15 is 0 Å². The van der Waals surface area contributed by atoms with Crippen molar-refractivity contribution in [3.63, 3.8) is 0 Å². The van der Waals surface area contributed by atoms with Gasteiger partial charge in [0.25, 0.3) is 0 Å². The van der Waals surface area contributed by atoms with Crippen molar-refractivity contribution in [2.24, 2.45) is 0 Å². The van der Waals surface area contributed by atoms with Crippen molar-refractivity contribution in [1.29, 1.82) is 0 Å². The molecule has 0 amide bonds. The topological polar surface area (TPSA) is 47.0 Å². The van der Waals surface area contributed by atoms with E-state index in [0.29, 0.717) is 25.3 Å². The van der Waals surface area contributed by atoms with Crippen LogP contribution in [0.1, 0.15) is 28.6 Å². The zero-order chi connectivity index (χ0) is 16.3. The number of ether oxygens (including phenoxy) is 1. The SMILES string of the molecule is FC(F)(F)c1ccnc(Cc2ccc([C@H]3CNCCO3)nc2)c1. The summed E-state index contributed by atoms with van der Waals surface area (Å²) in [6, 6.07) is 5.74. The Hall–Kier alpha value is -1.99. The summed E-state index contributed by atoms with van der Waals surface area (Å²) in [7, 11) is 0. The molecule has 2 aromatic heterocycles. The molecule has 1 atom stereocenters. The number of nitrogens with one attached hydrogen (secondary N) is 1. The summed E-state index contributed by atoms with van der Waals surface area (Å²) < 4.78 is 43.7. The molecule has 0 spiro atoms. The molecule has 122 valence electrons. The van der Waals surface area contributed by atoms with Crippen LogP contribution in [0.25, 0.3) is 0 Å². The highest BCUT2D eigenvalue weighted by Gasteiger charge is 2.30. The monoisotopic (exact) mass is 323 g/mol. The van der Waals surface area contributed by atoms with E-state index in [1.807, 2.05) is 12.1 Å². The molecule has 23 heavy (non-hydrogen) atoms. The lowest BCUT2D eigenvalue weighted by Gasteiger charge is -2.23. The zero-order valence-electron chi connectivity index (χ0n) is 12.3. The Balaban J connectivity index is 1.71. The summed E-state index contributed by atoms with van der Waals surface area (Å²) >= 11 is 0. The van der Waals surface area contributed by atoms with Crippen molar-refractivity contribution < 1.29 is 17.9 Å². The summed E-state index contributed by atoms with van der Waals surface area (Å²) in [6.07, 6.45) is -1.28. The van der Waals surface area contributed by atoms with Crippen LogP contribution >= 0.6 is 0 Å². The number of alkyl halides is 3. The largest absolute Gasteiger partial charge is 0.416 e. The summed E-state index contributed by atoms with van der Waals surface area (Å²) in [4.78, 5) is 8.35. The Morgan fingerprint density at radius 2 is 2.09 bits per heavy atom. The molecule has 1 N–H and O–H groups in total. The highest BCUT2D eigenvalue weighted by Crippen LogP contribution is 2.29. The molecule has 4 nitrogen and oxygen atoms in total. The van der Waals surface area contributed by atoms with Gasteiger partial charge in [0.05, 0.1) is 17.9 Å². The number of aromatic nitrogens is 2. The Morgan fingerprint density at radius 1 is 1.22 bits per heavy atom. The van der Waals surface area contributed by atoms with Crippen molar-refractivity contribution in [3.05, 3.63) is 59.2 Å². The maximum atomic E-state index is 12.7. The van der Waals surface area contributed by atoms with E-state index in [1.54, 1.807) is 6.20 Å². The lowest BCUT2D eigenvalue weighted by molar-refractivity contribution is -0.137. The van der Waals surface area contributed by atoms with E-state index in [1.165, 1.54) is 6.20 Å². The van der Waals surface area contributed by atoms with Crippen molar-refractivity contribution in [2.45, 2.75) is 18.7 Å². The average Bonchev–Trinajstić information content (AvgIpc) is 2.56. The molecular formula is C16H16F3N3O. The average molecular weight is 323 g/mol. The minimum Gasteiger partial charge on any atom is -0.369 e. The number of hydrogen-bond acceptors (Lipinski definition) is 4. The summed E-state index contributed by atoms with van der Waals surface area (Å²) in [6.45, 7) is 2.18. The van der Waals surface area contributed by atoms with Crippen molar-refractivity contribution in [3.8, 4) is 0 Å². The van der Waals surface area contributed by atoms with Crippen LogP contribution in [-0.2, 0) is 17.3 Å². The van der Waals surface area contributed by atoms with Gasteiger partial charge in [0, 0.05) is 37.6 Å². The molecule has 1 aliphatic rings. The van der Waals surface area contributed by atoms with Crippen LogP contribution in [0.2, 0.25) is 0 Å². The fourth-order valence-electron chi connectivity index (χ4n) is 2.45. The number of nitrogens with zero attached hydrogens (tertiary/aromatic N) is 2. The number of morpholine rings is 1. The van der Waals surface area contributed by atoms with Gasteiger partial charge in [0.1, 0.15) is 6.10 Å². The van der Waals surface area contributed by atoms with Crippen LogP contribution in [0, 0.1) is 0 Å². The molecule has 0 radical (unpaired) electrons. The van der Waals surface area contributed by atoms with Gasteiger partial charge in [-0.15, -0.1) is 0 Å². The molecule has 1 saturated heterocycles. The first-order chi connectivity index (χ1) is 11.0. The van der Waals surface area contributed by atoms with E-state index in [9.17, 15) is 13.2 Å². The maximum absolute atomic E-state index is 12.7. The normalized spacial score (nSPS) is 18.8. The van der Waals surface area contributed by atoms with Gasteiger partial charge in [0.2, 0.25) is 0 Å². The Morgan fingerprint density at radius 3 is 2.74 bits per heavy atom. The molecular weight excluding hydrogens is 307 g/mol. The van der Waals surface area contributed by atoms with Gasteiger partial charge in [0.15, 0.2) is 0 Å². The van der Waals surface area contributed by atoms with Gasteiger partial charge >= 0.3 is 6.18 Å². The predicted octanol–water partition coefficient (Wildman–Crippen LogP) is 2.75. The summed E-state index contributed by atoms with van der Waals surface area (Å²) in [5.41, 5.74) is 1.31. The van der Waals surface area contributed by atoms with Gasteiger partial charge in [-0.2, -0.15) is 13.2 Å². The van der Waals surface area contributed by atoms with E-state index in [4.69, 9.17) is 4.74 Å². The predicted molar refractivity (Wildman–Crippen MR) is 77.8 cm³/mol. The molecule has 0 aromatic carbocycles. The molecule has 0 unspecified atom stereocenters. The molecule has 0 bridgehead atoms. The standard InChI is InChI=1S/C16H16F3N3O/c17-16(18,19)12-3-4-21-13(8-12)7-11-1-2-14(22-9-11)15-10-20-5-6-23-15/h1-4,8-9,15,20H,5-7,10H2/t15-/m1/s1. The summed E-state index contributed by atoms with van der Waals surface area (Å²) in [5, 5.41) is 3.23. The maximum Gasteiger partial charge on any atom is 0.416 e. The van der Waals surface area contributed by atoms with E-state index in [-0.39, 0.29) is 6.10 Å². The van der Waals surface area contributed by atoms with Crippen molar-refractivity contribution >= 4 is 0 Å². The zero-order valence-corrected chi connectivity index (χ0v) is 12.3. The fraction of sp³-hybridized carbons (Fsp3) is 0.375. The van der Waals surface area contributed by atoms with E-state index < -0.39 is 11.7 Å². The Kier molecular flexibility index (Phi) is 4.58. The van der Waals surface area contributed by atoms with Crippen LogP contribution in [0.3, 0.4) is 0 Å². The third kappa shape index (κ3) is 4.05. The van der Waals surface area contributed by atoms with Crippen LogP contribution in [0.5, 0.6) is 0 Å². The lowest BCUT2D eigenvalue weighted by Crippen LogP contribution is -2.33. The molecule has 1 fully saturated rings. The fourth-order valence-corrected chi connectivity index (χ4v) is 2.45. The number of halogens is 3. The van der Waals surface area contributed by atoms with Crippen molar-refractivity contribution in [1.82, 2.24) is 15.3 Å². The van der Waals surface area contributed by atoms with Gasteiger partial charge in [-0.1, -0.05) is 6.07 Å². The summed E-state index contributed by atoms with van der Waals surface area (Å²) in [5.74, 6) is 0. The first-order valence-electron chi connectivity index (χ1n) is 7.31. The second-order valence-electron chi connectivity index (χ2n) is 5.37. The minimum atomic E-state index is -4.36. The third-order valence-corrected chi connectivity index (χ3v) is 3.63. The molecule has 3 rings (SSSR count). The second kappa shape index (κ2) is 6.64. The minimum absolute atomic E-state index is 0.0792. The van der Waals surface area contributed by atoms with E-state index in [0.717, 1.165) is 29.9 Å². The number of pyridine rings is 2. The molecule has 7 heteroatoms. The van der Waals surface area contributed by atoms with E-state index in [2.05, 4.69) is 15.3 Å². The molecule has 1 aliphatic heterocycles. The molecule has 2 aromatic rings. The molecule has 0 aliphatic carbocycles. The lowest BCUT2D eigenvalue weighted by atomic mass is 10.1. The first kappa shape index (κ1) is 15.9. The number of hydrogen-bond donors (Lipinski definition) is 1. The number of rotatable bonds is 3. The van der Waals surface area contributed by atoms with Gasteiger partial charge in [-0.05, 0) is 23.8 Å². The Labute approximate surface area is 131 Å². The van der Waals surface area contributed by atoms with Crippen molar-refractivity contribution in [2.75, 3.05) is 19.7 Å². The quantitative estimate of drug-likeness (QED) is 0.943. The third-order valence-electron chi connectivity index (χ3n) is 3.63. The Bertz CT molecular complexity index is 652.